The van der Waals surface area contributed by atoms with Crippen LogP contribution in [0.3, 0.4) is 0 Å². The van der Waals surface area contributed by atoms with Crippen LogP contribution in [0.25, 0.3) is 40.1 Å². The van der Waals surface area contributed by atoms with Crippen molar-refractivity contribution in [2.75, 3.05) is 24.5 Å². The van der Waals surface area contributed by atoms with Crippen LogP contribution in [0.5, 0.6) is 5.75 Å². The van der Waals surface area contributed by atoms with Crippen molar-refractivity contribution >= 4 is 34.9 Å². The number of benzene rings is 2. The number of carbonyl (C=O) groups excluding carboxylic acids is 1. The first-order chi connectivity index (χ1) is 31.8. The number of nitrogens with one attached hydrogen (secondary N) is 2. The zero-order valence-electron chi connectivity index (χ0n) is 38.2. The molecule has 0 aliphatic carbocycles. The van der Waals surface area contributed by atoms with Crippen molar-refractivity contribution in [3.05, 3.63) is 167 Å². The second kappa shape index (κ2) is 17.9. The molecule has 17 heteroatoms. The zero-order valence-corrected chi connectivity index (χ0v) is 38.2. The van der Waals surface area contributed by atoms with E-state index in [1.165, 1.54) is 33.7 Å². The largest absolute Gasteiger partial charge is 0.507 e. The van der Waals surface area contributed by atoms with Gasteiger partial charge in [0.05, 0.1) is 40.9 Å². The molecule has 3 N–H and O–H groups in total. The van der Waals surface area contributed by atoms with Crippen molar-refractivity contribution < 1.29 is 18.7 Å². The molecule has 7 aromatic rings. The number of halogens is 2. The van der Waals surface area contributed by atoms with Crippen molar-refractivity contribution in [1.82, 2.24) is 43.9 Å². The number of pyridine rings is 2. The number of aryl methyl sites for hydroxylation is 1. The van der Waals surface area contributed by atoms with Crippen molar-refractivity contribution in [1.29, 1.82) is 0 Å². The number of hydrogen-bond donors (Lipinski definition) is 3. The third kappa shape index (κ3) is 8.71. The number of aromatic nitrogens is 8. The van der Waals surface area contributed by atoms with E-state index in [4.69, 9.17) is 0 Å². The number of rotatable bonds is 9. The minimum atomic E-state index is -0.968. The highest BCUT2D eigenvalue weighted by atomic mass is 19.1. The van der Waals surface area contributed by atoms with Gasteiger partial charge >= 0.3 is 5.69 Å². The Hall–Kier alpha value is -7.82. The van der Waals surface area contributed by atoms with E-state index in [1.54, 1.807) is 59.3 Å². The van der Waals surface area contributed by atoms with Gasteiger partial charge in [0.1, 0.15) is 33.8 Å². The summed E-state index contributed by atoms with van der Waals surface area (Å²) in [5.41, 5.74) is 0.262. The van der Waals surface area contributed by atoms with E-state index in [1.807, 2.05) is 47.6 Å². The van der Waals surface area contributed by atoms with Crippen LogP contribution in [-0.2, 0) is 16.8 Å². The molecule has 67 heavy (non-hydrogen) atoms. The number of nitrogens with zero attached hydrogens (tertiary/aromatic N) is 8. The molecular formula is C50H50F2N10O5. The molecule has 0 saturated carbocycles. The van der Waals surface area contributed by atoms with Crippen molar-refractivity contribution in [2.24, 2.45) is 0 Å². The molecule has 1 saturated heterocycles. The van der Waals surface area contributed by atoms with Gasteiger partial charge in [0.25, 0.3) is 17.0 Å². The predicted octanol–water partition coefficient (Wildman–Crippen LogP) is 5.08. The number of phenols is 1. The van der Waals surface area contributed by atoms with Crippen molar-refractivity contribution in [2.45, 2.75) is 72.4 Å². The molecule has 1 fully saturated rings. The van der Waals surface area contributed by atoms with E-state index >= 15 is 8.78 Å². The summed E-state index contributed by atoms with van der Waals surface area (Å²) in [6.45, 7) is 17.5. The smallest absolute Gasteiger partial charge is 0.355 e. The Bertz CT molecular complexity index is 3400. The molecule has 15 nitrogen and oxygen atoms in total. The number of anilines is 1. The van der Waals surface area contributed by atoms with Gasteiger partial charge in [-0.05, 0) is 67.3 Å². The summed E-state index contributed by atoms with van der Waals surface area (Å²) < 4.78 is 34.1. The molecule has 2 aromatic carbocycles. The maximum absolute atomic E-state index is 16.4. The fraction of sp³-hybridized carbons (Fsp3) is 0.280. The number of aromatic hydroxyl groups is 1. The first-order valence-electron chi connectivity index (χ1n) is 21.8. The van der Waals surface area contributed by atoms with E-state index in [0.29, 0.717) is 28.2 Å². The van der Waals surface area contributed by atoms with Gasteiger partial charge in [-0.3, -0.25) is 23.9 Å². The van der Waals surface area contributed by atoms with Gasteiger partial charge in [-0.2, -0.15) is 4.98 Å². The number of phenolic OH excluding ortho intramolecular Hbond substituents is 1. The Balaban J connectivity index is 1.16. The van der Waals surface area contributed by atoms with Crippen LogP contribution in [0.15, 0.2) is 99.7 Å². The number of piperazine rings is 1. The number of H-pyrrole nitrogens is 2. The van der Waals surface area contributed by atoms with Crippen LogP contribution in [0.4, 0.5) is 14.6 Å². The molecule has 1 atom stereocenters. The lowest BCUT2D eigenvalue weighted by Gasteiger charge is -2.41. The van der Waals surface area contributed by atoms with E-state index < -0.39 is 57.4 Å². The number of carbonyl (C=O) groups is 1. The van der Waals surface area contributed by atoms with Gasteiger partial charge in [0, 0.05) is 48.6 Å². The second-order valence-electron chi connectivity index (χ2n) is 18.0. The quantitative estimate of drug-likeness (QED) is 0.165. The summed E-state index contributed by atoms with van der Waals surface area (Å²) in [7, 11) is 0. The normalized spacial score (nSPS) is 15.0. The van der Waals surface area contributed by atoms with Crippen LogP contribution < -0.4 is 32.4 Å². The molecule has 344 valence electrons. The second-order valence-corrected chi connectivity index (χ2v) is 18.0. The number of fused-ring (bicyclic) bond motifs is 1. The lowest BCUT2D eigenvalue weighted by atomic mass is 9.90. The Morgan fingerprint density at radius 2 is 1.73 bits per heavy atom. The van der Waals surface area contributed by atoms with Gasteiger partial charge in [-0.1, -0.05) is 77.6 Å². The van der Waals surface area contributed by atoms with Crippen LogP contribution in [0.2, 0.25) is 0 Å². The number of hydrogen-bond acceptors (Lipinski definition) is 10. The Morgan fingerprint density at radius 1 is 0.985 bits per heavy atom. The molecule has 0 unspecified atom stereocenters. The summed E-state index contributed by atoms with van der Waals surface area (Å²) in [5.74, 6) is -2.97. The van der Waals surface area contributed by atoms with E-state index in [2.05, 4.69) is 36.5 Å². The highest BCUT2D eigenvalue weighted by Gasteiger charge is 2.33. The third-order valence-corrected chi connectivity index (χ3v) is 11.8. The summed E-state index contributed by atoms with van der Waals surface area (Å²) in [5, 5.41) is 10.8. The minimum Gasteiger partial charge on any atom is -0.507 e. The average Bonchev–Trinajstić information content (AvgIpc) is 3.76. The summed E-state index contributed by atoms with van der Waals surface area (Å²) >= 11 is 0. The van der Waals surface area contributed by atoms with E-state index in [9.17, 15) is 24.3 Å². The first-order valence-corrected chi connectivity index (χ1v) is 21.8. The van der Waals surface area contributed by atoms with Gasteiger partial charge in [0.2, 0.25) is 0 Å². The molecule has 0 bridgehead atoms. The van der Waals surface area contributed by atoms with Gasteiger partial charge < -0.3 is 24.9 Å². The summed E-state index contributed by atoms with van der Waals surface area (Å²) in [4.78, 5) is 84.0. The first kappa shape index (κ1) is 45.7. The highest BCUT2D eigenvalue weighted by Crippen LogP contribution is 2.37. The topological polar surface area (TPSA) is 188 Å². The molecule has 1 amide bonds. The van der Waals surface area contributed by atoms with E-state index in [0.717, 1.165) is 17.8 Å². The van der Waals surface area contributed by atoms with Gasteiger partial charge in [-0.25, -0.2) is 28.1 Å². The molecule has 1 aliphatic heterocycles. The molecule has 1 aliphatic rings. The van der Waals surface area contributed by atoms with E-state index in [-0.39, 0.29) is 70.6 Å². The maximum Gasteiger partial charge on any atom is 0.355 e. The number of amides is 1. The molecule has 0 spiro atoms. The standard InChI is InChI=1S/C50H50F2N10O5/c1-27(2)40-42(28(3)17-18-53-40)62-45-32(22-34(52)41(57-45)39-33(51)15-12-16-38(39)63)44(58-49(62)67)60-20-19-59(25-30(60)5)47(65)29(4)24-61-37(21-31-13-10-9-11-14-31)46(64)56-36(48(61)66)23-35-43(50(6,7)8)55-26-54-35/h9-18,21-23,26-27,30,63H,4,19-20,24-25H2,1-3,5-8H3,(H,54,55)(H,56,64)/b36-23-,37-21-/t30-/m0/s1. The molecular weight excluding hydrogens is 859 g/mol. The summed E-state index contributed by atoms with van der Waals surface area (Å²) in [6.07, 6.45) is 6.22. The Morgan fingerprint density at radius 3 is 2.42 bits per heavy atom. The molecule has 0 radical (unpaired) electrons. The van der Waals surface area contributed by atoms with Crippen LogP contribution in [-0.4, -0.2) is 80.6 Å². The summed E-state index contributed by atoms with van der Waals surface area (Å²) in [6, 6.07) is 14.9. The fourth-order valence-corrected chi connectivity index (χ4v) is 8.55. The van der Waals surface area contributed by atoms with Crippen molar-refractivity contribution in [3.8, 4) is 22.7 Å². The molecule has 6 heterocycles. The fourth-order valence-electron chi connectivity index (χ4n) is 8.55. The lowest BCUT2D eigenvalue weighted by Crippen LogP contribution is -2.56. The zero-order chi connectivity index (χ0) is 48.1. The highest BCUT2D eigenvalue weighted by molar-refractivity contribution is 5.94. The Labute approximate surface area is 383 Å². The average molecular weight is 909 g/mol. The SMILES string of the molecule is C=C(Cn1c(=O)/c(=C/c2nc[nH]c2C(C)(C)C)[nH]c(=O)/c1=C/c1ccccc1)C(=O)N1CCN(c2nc(=O)n(-c3c(C)ccnc3C(C)C)c3nc(-c4c(O)cccc4F)c(F)cc23)[C@@H](C)C1. The van der Waals surface area contributed by atoms with Crippen LogP contribution in [0.1, 0.15) is 75.7 Å². The number of aromatic amines is 2. The van der Waals surface area contributed by atoms with Gasteiger partial charge in [-0.15, -0.1) is 0 Å². The maximum atomic E-state index is 16.4. The van der Waals surface area contributed by atoms with Crippen LogP contribution in [0, 0.1) is 18.6 Å². The molecule has 5 aromatic heterocycles. The minimum absolute atomic E-state index is 0.0162. The number of imidazole rings is 1. The Kier molecular flexibility index (Phi) is 12.2. The monoisotopic (exact) mass is 908 g/mol. The van der Waals surface area contributed by atoms with Crippen molar-refractivity contribution in [3.63, 3.8) is 0 Å². The van der Waals surface area contributed by atoms with Crippen LogP contribution >= 0.6 is 0 Å². The van der Waals surface area contributed by atoms with Gasteiger partial charge in [0.15, 0.2) is 11.5 Å². The third-order valence-electron chi connectivity index (χ3n) is 11.8. The molecule has 8 rings (SSSR count). The predicted molar refractivity (Wildman–Crippen MR) is 253 cm³/mol. The lowest BCUT2D eigenvalue weighted by molar-refractivity contribution is -0.128.